The van der Waals surface area contributed by atoms with Crippen molar-refractivity contribution in [1.29, 1.82) is 0 Å². The van der Waals surface area contributed by atoms with Crippen LogP contribution in [0.5, 0.6) is 0 Å². The van der Waals surface area contributed by atoms with E-state index in [1.54, 1.807) is 18.6 Å². The zero-order valence-corrected chi connectivity index (χ0v) is 13.8. The molecule has 0 aliphatic rings. The number of benzene rings is 1. The second-order valence-corrected chi connectivity index (χ2v) is 5.53. The van der Waals surface area contributed by atoms with E-state index in [-0.39, 0.29) is 0 Å². The van der Waals surface area contributed by atoms with Gasteiger partial charge in [-0.1, -0.05) is 12.6 Å². The maximum absolute atomic E-state index is 5.52. The first-order valence-electron chi connectivity index (χ1n) is 7.89. The van der Waals surface area contributed by atoms with E-state index in [1.807, 2.05) is 24.3 Å². The topological polar surface area (TPSA) is 121 Å². The van der Waals surface area contributed by atoms with Crippen molar-refractivity contribution in [3.8, 4) is 0 Å². The number of aromatic amines is 2. The minimum Gasteiger partial charge on any atom is -0.405 e. The van der Waals surface area contributed by atoms with Crippen molar-refractivity contribution in [2.75, 3.05) is 5.32 Å². The fourth-order valence-corrected chi connectivity index (χ4v) is 2.75. The number of imidazole rings is 1. The van der Waals surface area contributed by atoms with Gasteiger partial charge >= 0.3 is 0 Å². The molecule has 0 atom stereocenters. The quantitative estimate of drug-likeness (QED) is 0.413. The second-order valence-electron chi connectivity index (χ2n) is 5.53. The van der Waals surface area contributed by atoms with Crippen LogP contribution >= 0.6 is 0 Å². The minimum atomic E-state index is 0.586. The van der Waals surface area contributed by atoms with Crippen LogP contribution in [-0.2, 0) is 0 Å². The standard InChI is InChI=1S/C18H16N8/c1-11(25-14-5-2-6-15-13(14)8-24-26-15)12(4-3-7-19)16-17-18(22-9-20-16)23-10-21-17/h2-10,25H,1,19H2,(H,24,26)(H,20,21,22,23)/b7-3-,12-4+. The van der Waals surface area contributed by atoms with E-state index in [0.29, 0.717) is 17.0 Å². The Morgan fingerprint density at radius 1 is 1.23 bits per heavy atom. The van der Waals surface area contributed by atoms with E-state index in [2.05, 4.69) is 42.0 Å². The Balaban J connectivity index is 1.77. The lowest BCUT2D eigenvalue weighted by atomic mass is 10.1. The summed E-state index contributed by atoms with van der Waals surface area (Å²) in [5.41, 5.74) is 10.8. The molecular formula is C18H16N8. The summed E-state index contributed by atoms with van der Waals surface area (Å²) in [5.74, 6) is 0. The monoisotopic (exact) mass is 344 g/mol. The average Bonchev–Trinajstić information content (AvgIpc) is 3.32. The molecule has 1 aromatic carbocycles. The Kier molecular flexibility index (Phi) is 3.91. The molecule has 0 saturated carbocycles. The number of hydrogen-bond donors (Lipinski definition) is 4. The van der Waals surface area contributed by atoms with Gasteiger partial charge in [0.25, 0.3) is 0 Å². The first-order chi connectivity index (χ1) is 12.8. The number of nitrogens with zero attached hydrogens (tertiary/aromatic N) is 4. The third-order valence-corrected chi connectivity index (χ3v) is 3.95. The third kappa shape index (κ3) is 2.69. The van der Waals surface area contributed by atoms with Crippen LogP contribution in [-0.4, -0.2) is 30.1 Å². The summed E-state index contributed by atoms with van der Waals surface area (Å²) in [6, 6.07) is 5.87. The largest absolute Gasteiger partial charge is 0.405 e. The van der Waals surface area contributed by atoms with E-state index < -0.39 is 0 Å². The van der Waals surface area contributed by atoms with E-state index in [0.717, 1.165) is 27.7 Å². The van der Waals surface area contributed by atoms with Crippen LogP contribution in [0.1, 0.15) is 5.69 Å². The van der Waals surface area contributed by atoms with Crippen LogP contribution in [0.15, 0.2) is 67.7 Å². The lowest BCUT2D eigenvalue weighted by molar-refractivity contribution is 1.12. The molecule has 128 valence electrons. The minimum absolute atomic E-state index is 0.586. The van der Waals surface area contributed by atoms with Crippen molar-refractivity contribution in [1.82, 2.24) is 30.1 Å². The molecule has 0 aliphatic heterocycles. The second kappa shape index (κ2) is 6.52. The Morgan fingerprint density at radius 3 is 3.04 bits per heavy atom. The fraction of sp³-hybridized carbons (Fsp3) is 0. The molecule has 26 heavy (non-hydrogen) atoms. The number of rotatable bonds is 5. The number of H-pyrrole nitrogens is 2. The van der Waals surface area contributed by atoms with Crippen molar-refractivity contribution < 1.29 is 0 Å². The molecule has 3 aromatic heterocycles. The number of hydrogen-bond acceptors (Lipinski definition) is 6. The predicted molar refractivity (Wildman–Crippen MR) is 102 cm³/mol. The Morgan fingerprint density at radius 2 is 2.15 bits per heavy atom. The van der Waals surface area contributed by atoms with E-state index in [1.165, 1.54) is 12.5 Å². The van der Waals surface area contributed by atoms with E-state index in [9.17, 15) is 0 Å². The zero-order chi connectivity index (χ0) is 17.9. The maximum Gasteiger partial charge on any atom is 0.181 e. The molecule has 8 heteroatoms. The first-order valence-corrected chi connectivity index (χ1v) is 7.89. The highest BCUT2D eigenvalue weighted by Crippen LogP contribution is 2.29. The summed E-state index contributed by atoms with van der Waals surface area (Å²) in [5, 5.41) is 11.4. The van der Waals surface area contributed by atoms with Gasteiger partial charge in [0, 0.05) is 22.3 Å². The van der Waals surface area contributed by atoms with Crippen LogP contribution < -0.4 is 11.1 Å². The molecule has 0 spiro atoms. The van der Waals surface area contributed by atoms with Gasteiger partial charge in [-0.05, 0) is 30.5 Å². The van der Waals surface area contributed by atoms with Gasteiger partial charge in [-0.3, -0.25) is 5.10 Å². The molecule has 4 aromatic rings. The number of aromatic nitrogens is 6. The van der Waals surface area contributed by atoms with E-state index >= 15 is 0 Å². The van der Waals surface area contributed by atoms with Gasteiger partial charge in [0.15, 0.2) is 5.65 Å². The highest BCUT2D eigenvalue weighted by molar-refractivity contribution is 5.96. The van der Waals surface area contributed by atoms with Crippen LogP contribution in [0.25, 0.3) is 27.6 Å². The predicted octanol–water partition coefficient (Wildman–Crippen LogP) is 2.71. The molecule has 0 saturated heterocycles. The molecule has 0 bridgehead atoms. The molecule has 3 heterocycles. The van der Waals surface area contributed by atoms with Crippen molar-refractivity contribution in [2.24, 2.45) is 5.73 Å². The molecule has 0 fully saturated rings. The highest BCUT2D eigenvalue weighted by atomic mass is 15.1. The average molecular weight is 344 g/mol. The fourth-order valence-electron chi connectivity index (χ4n) is 2.75. The third-order valence-electron chi connectivity index (χ3n) is 3.95. The summed E-state index contributed by atoms with van der Waals surface area (Å²) in [4.78, 5) is 15.8. The molecule has 0 unspecified atom stereocenters. The number of fused-ring (bicyclic) bond motifs is 2. The lowest BCUT2D eigenvalue weighted by Gasteiger charge is -2.14. The van der Waals surface area contributed by atoms with Gasteiger partial charge in [-0.15, -0.1) is 0 Å². The summed E-state index contributed by atoms with van der Waals surface area (Å²) >= 11 is 0. The molecule has 0 amide bonds. The highest BCUT2D eigenvalue weighted by Gasteiger charge is 2.14. The molecule has 0 aliphatic carbocycles. The molecule has 4 rings (SSSR count). The van der Waals surface area contributed by atoms with Gasteiger partial charge in [-0.25, -0.2) is 15.0 Å². The number of nitrogens with one attached hydrogen (secondary N) is 3. The maximum atomic E-state index is 5.52. The van der Waals surface area contributed by atoms with Crippen LogP contribution in [0.2, 0.25) is 0 Å². The number of nitrogens with two attached hydrogens (primary N) is 1. The van der Waals surface area contributed by atoms with Gasteiger partial charge < -0.3 is 16.0 Å². The molecule has 5 N–H and O–H groups in total. The van der Waals surface area contributed by atoms with Crippen molar-refractivity contribution in [2.45, 2.75) is 0 Å². The smallest absolute Gasteiger partial charge is 0.181 e. The SMILES string of the molecule is C=C(Nc1cccc2[nH]ncc12)/C(=C\C=C/N)c1ncnc2nc[nH]c12. The van der Waals surface area contributed by atoms with Crippen molar-refractivity contribution in [3.05, 3.63) is 73.4 Å². The van der Waals surface area contributed by atoms with Gasteiger partial charge in [0.05, 0.1) is 18.0 Å². The Hall–Kier alpha value is -3.94. The first kappa shape index (κ1) is 15.6. The molecule has 8 nitrogen and oxygen atoms in total. The van der Waals surface area contributed by atoms with Crippen LogP contribution in [0, 0.1) is 0 Å². The van der Waals surface area contributed by atoms with Crippen molar-refractivity contribution in [3.63, 3.8) is 0 Å². The summed E-state index contributed by atoms with van der Waals surface area (Å²) in [6.07, 6.45) is 9.85. The summed E-state index contributed by atoms with van der Waals surface area (Å²) in [7, 11) is 0. The lowest BCUT2D eigenvalue weighted by Crippen LogP contribution is -2.04. The number of anilines is 1. The van der Waals surface area contributed by atoms with Crippen LogP contribution in [0.4, 0.5) is 5.69 Å². The summed E-state index contributed by atoms with van der Waals surface area (Å²) in [6.45, 7) is 4.18. The molecular weight excluding hydrogens is 328 g/mol. The van der Waals surface area contributed by atoms with Crippen LogP contribution in [0.3, 0.4) is 0 Å². The van der Waals surface area contributed by atoms with Gasteiger partial charge in [0.1, 0.15) is 17.5 Å². The Labute approximate surface area is 148 Å². The Bertz CT molecular complexity index is 1150. The van der Waals surface area contributed by atoms with Gasteiger partial charge in [-0.2, -0.15) is 5.10 Å². The normalized spacial score (nSPS) is 12.2. The van der Waals surface area contributed by atoms with Crippen molar-refractivity contribution >= 4 is 33.3 Å². The zero-order valence-electron chi connectivity index (χ0n) is 13.8. The molecule has 0 radical (unpaired) electrons. The number of allylic oxidation sites excluding steroid dienone is 3. The summed E-state index contributed by atoms with van der Waals surface area (Å²) < 4.78 is 0. The van der Waals surface area contributed by atoms with E-state index in [4.69, 9.17) is 5.73 Å². The van der Waals surface area contributed by atoms with Gasteiger partial charge in [0.2, 0.25) is 0 Å².